The molecule has 0 atom stereocenters. The summed E-state index contributed by atoms with van der Waals surface area (Å²) in [5, 5.41) is 3.03. The number of hydrogen-bond donors (Lipinski definition) is 1. The zero-order chi connectivity index (χ0) is 14.4. The second-order valence-corrected chi connectivity index (χ2v) is 7.73. The predicted octanol–water partition coefficient (Wildman–Crippen LogP) is 1.93. The fourth-order valence-corrected chi connectivity index (χ4v) is 4.21. The minimum atomic E-state index is -2.96. The Bertz CT molecular complexity index is 504. The second kappa shape index (κ2) is 7.09. The molecule has 0 saturated carbocycles. The van der Waals surface area contributed by atoms with Crippen molar-refractivity contribution in [1.82, 2.24) is 5.32 Å². The van der Waals surface area contributed by atoms with Crippen LogP contribution in [0, 0.1) is 6.92 Å². The number of benzene rings is 1. The normalized spacial score (nSPS) is 17.1. The number of hydrogen-bond acceptors (Lipinski definition) is 4. The molecule has 5 heteroatoms. The molecule has 2 rings (SSSR count). The van der Waals surface area contributed by atoms with Crippen LogP contribution in [0.5, 0.6) is 5.75 Å². The van der Waals surface area contributed by atoms with E-state index in [1.807, 2.05) is 31.2 Å². The Morgan fingerprint density at radius 2 is 1.85 bits per heavy atom. The van der Waals surface area contributed by atoms with Gasteiger partial charge in [-0.2, -0.15) is 0 Å². The standard InChI is InChI=1S/C15H23NO3S/c1-13-3-5-14(6-4-13)19-11-2-12-20(17,18)15-7-9-16-10-8-15/h3-6,15-16H,2,7-12H2,1H3. The molecule has 1 saturated heterocycles. The molecule has 1 heterocycles. The van der Waals surface area contributed by atoms with Crippen molar-refractivity contribution in [1.29, 1.82) is 0 Å². The average molecular weight is 297 g/mol. The first-order chi connectivity index (χ1) is 9.58. The molecule has 1 aromatic carbocycles. The lowest BCUT2D eigenvalue weighted by Crippen LogP contribution is -2.37. The Balaban J connectivity index is 1.73. The van der Waals surface area contributed by atoms with Gasteiger partial charge >= 0.3 is 0 Å². The van der Waals surface area contributed by atoms with Gasteiger partial charge in [0.05, 0.1) is 17.6 Å². The SMILES string of the molecule is Cc1ccc(OCCCS(=O)(=O)C2CCNCC2)cc1. The van der Waals surface area contributed by atoms with Crippen molar-refractivity contribution in [3.05, 3.63) is 29.8 Å². The van der Waals surface area contributed by atoms with E-state index in [4.69, 9.17) is 4.74 Å². The van der Waals surface area contributed by atoms with Gasteiger partial charge in [0, 0.05) is 0 Å². The van der Waals surface area contributed by atoms with E-state index in [0.29, 0.717) is 13.0 Å². The lowest BCUT2D eigenvalue weighted by Gasteiger charge is -2.22. The molecule has 0 amide bonds. The maximum Gasteiger partial charge on any atom is 0.153 e. The summed E-state index contributed by atoms with van der Waals surface area (Å²) in [5.74, 6) is 1.03. The van der Waals surface area contributed by atoms with Crippen LogP contribution in [0.25, 0.3) is 0 Å². The van der Waals surface area contributed by atoms with Crippen LogP contribution >= 0.6 is 0 Å². The third-order valence-electron chi connectivity index (χ3n) is 3.66. The maximum atomic E-state index is 12.2. The lowest BCUT2D eigenvalue weighted by atomic mass is 10.2. The molecule has 0 spiro atoms. The van der Waals surface area contributed by atoms with Crippen molar-refractivity contribution in [3.63, 3.8) is 0 Å². The topological polar surface area (TPSA) is 55.4 Å². The maximum absolute atomic E-state index is 12.2. The van der Waals surface area contributed by atoms with E-state index in [1.54, 1.807) is 0 Å². The summed E-state index contributed by atoms with van der Waals surface area (Å²) < 4.78 is 29.9. The fourth-order valence-electron chi connectivity index (χ4n) is 2.41. The number of nitrogens with one attached hydrogen (secondary N) is 1. The van der Waals surface area contributed by atoms with Crippen LogP contribution in [0.3, 0.4) is 0 Å². The van der Waals surface area contributed by atoms with E-state index in [2.05, 4.69) is 5.32 Å². The molecular formula is C15H23NO3S. The Morgan fingerprint density at radius 3 is 2.50 bits per heavy atom. The zero-order valence-electron chi connectivity index (χ0n) is 12.0. The molecule has 0 radical (unpaired) electrons. The number of piperidine rings is 1. The van der Waals surface area contributed by atoms with Crippen molar-refractivity contribution in [2.24, 2.45) is 0 Å². The third kappa shape index (κ3) is 4.49. The van der Waals surface area contributed by atoms with E-state index in [1.165, 1.54) is 5.56 Å². The molecular weight excluding hydrogens is 274 g/mol. The number of sulfone groups is 1. The molecule has 1 aliphatic rings. The lowest BCUT2D eigenvalue weighted by molar-refractivity contribution is 0.317. The van der Waals surface area contributed by atoms with Crippen molar-refractivity contribution in [2.45, 2.75) is 31.4 Å². The number of rotatable bonds is 6. The Labute approximate surface area is 121 Å². The van der Waals surface area contributed by atoms with Crippen molar-refractivity contribution >= 4 is 9.84 Å². The summed E-state index contributed by atoms with van der Waals surface area (Å²) in [4.78, 5) is 0. The van der Waals surface area contributed by atoms with E-state index in [-0.39, 0.29) is 11.0 Å². The van der Waals surface area contributed by atoms with E-state index in [9.17, 15) is 8.42 Å². The Hall–Kier alpha value is -1.07. The first-order valence-electron chi connectivity index (χ1n) is 7.20. The highest BCUT2D eigenvalue weighted by Crippen LogP contribution is 2.16. The summed E-state index contributed by atoms with van der Waals surface area (Å²) in [5.41, 5.74) is 1.19. The molecule has 0 bridgehead atoms. The van der Waals surface area contributed by atoms with E-state index >= 15 is 0 Å². The highest BCUT2D eigenvalue weighted by Gasteiger charge is 2.26. The van der Waals surface area contributed by atoms with Crippen LogP contribution in [0.4, 0.5) is 0 Å². The predicted molar refractivity (Wildman–Crippen MR) is 81.0 cm³/mol. The molecule has 112 valence electrons. The molecule has 1 N–H and O–H groups in total. The first-order valence-corrected chi connectivity index (χ1v) is 8.91. The Morgan fingerprint density at radius 1 is 1.20 bits per heavy atom. The highest BCUT2D eigenvalue weighted by molar-refractivity contribution is 7.92. The molecule has 0 aliphatic carbocycles. The third-order valence-corrected chi connectivity index (χ3v) is 6.00. The van der Waals surface area contributed by atoms with Crippen molar-refractivity contribution in [3.8, 4) is 5.75 Å². The monoisotopic (exact) mass is 297 g/mol. The quantitative estimate of drug-likeness (QED) is 0.815. The van der Waals surface area contributed by atoms with Crippen LogP contribution in [-0.2, 0) is 9.84 Å². The summed E-state index contributed by atoms with van der Waals surface area (Å²) in [6.45, 7) is 4.09. The first kappa shape index (κ1) is 15.3. The molecule has 1 aliphatic heterocycles. The number of ether oxygens (including phenoxy) is 1. The van der Waals surface area contributed by atoms with Crippen molar-refractivity contribution in [2.75, 3.05) is 25.4 Å². The van der Waals surface area contributed by atoms with Gasteiger partial charge in [0.1, 0.15) is 5.75 Å². The smallest absolute Gasteiger partial charge is 0.153 e. The van der Waals surface area contributed by atoms with Gasteiger partial charge < -0.3 is 10.1 Å². The van der Waals surface area contributed by atoms with Gasteiger partial charge in [-0.05, 0) is 51.4 Å². The van der Waals surface area contributed by atoms with Crippen LogP contribution in [0.15, 0.2) is 24.3 Å². The molecule has 20 heavy (non-hydrogen) atoms. The highest BCUT2D eigenvalue weighted by atomic mass is 32.2. The van der Waals surface area contributed by atoms with Gasteiger partial charge in [-0.15, -0.1) is 0 Å². The largest absolute Gasteiger partial charge is 0.494 e. The zero-order valence-corrected chi connectivity index (χ0v) is 12.8. The minimum absolute atomic E-state index is 0.164. The van der Waals surface area contributed by atoms with E-state index < -0.39 is 9.84 Å². The van der Waals surface area contributed by atoms with Gasteiger partial charge in [0.2, 0.25) is 0 Å². The summed E-state index contributed by atoms with van der Waals surface area (Å²) >= 11 is 0. The molecule has 4 nitrogen and oxygen atoms in total. The Kier molecular flexibility index (Phi) is 5.43. The second-order valence-electron chi connectivity index (χ2n) is 5.33. The summed E-state index contributed by atoms with van der Waals surface area (Å²) in [6.07, 6.45) is 2.03. The summed E-state index contributed by atoms with van der Waals surface area (Å²) in [6, 6.07) is 7.80. The summed E-state index contributed by atoms with van der Waals surface area (Å²) in [7, 11) is -2.96. The van der Waals surface area contributed by atoms with Crippen molar-refractivity contribution < 1.29 is 13.2 Å². The van der Waals surface area contributed by atoms with Crippen LogP contribution in [-0.4, -0.2) is 39.1 Å². The molecule has 1 aromatic rings. The van der Waals surface area contributed by atoms with Gasteiger partial charge in [0.25, 0.3) is 0 Å². The van der Waals surface area contributed by atoms with Crippen LogP contribution < -0.4 is 10.1 Å². The van der Waals surface area contributed by atoms with Gasteiger partial charge in [-0.3, -0.25) is 0 Å². The van der Waals surface area contributed by atoms with Gasteiger partial charge in [0.15, 0.2) is 9.84 Å². The fraction of sp³-hybridized carbons (Fsp3) is 0.600. The van der Waals surface area contributed by atoms with E-state index in [0.717, 1.165) is 31.7 Å². The van der Waals surface area contributed by atoms with Gasteiger partial charge in [-0.25, -0.2) is 8.42 Å². The van der Waals surface area contributed by atoms with Crippen LogP contribution in [0.1, 0.15) is 24.8 Å². The minimum Gasteiger partial charge on any atom is -0.494 e. The van der Waals surface area contributed by atoms with Gasteiger partial charge in [-0.1, -0.05) is 17.7 Å². The molecule has 0 unspecified atom stereocenters. The average Bonchev–Trinajstić information content (AvgIpc) is 2.46. The molecule has 0 aromatic heterocycles. The number of aryl methyl sites for hydroxylation is 1. The van der Waals surface area contributed by atoms with Crippen LogP contribution in [0.2, 0.25) is 0 Å². The molecule has 1 fully saturated rings.